The van der Waals surface area contributed by atoms with Gasteiger partial charge in [0.05, 0.1) is 17.8 Å². The smallest absolute Gasteiger partial charge is 0.246 e. The molecule has 0 aliphatic heterocycles. The Morgan fingerprint density at radius 2 is 2.00 bits per heavy atom. The van der Waals surface area contributed by atoms with E-state index in [2.05, 4.69) is 0 Å². The zero-order chi connectivity index (χ0) is 15.8. The minimum Gasteiger partial charge on any atom is -0.396 e. The fraction of sp³-hybridized carbons (Fsp3) is 0.538. The fourth-order valence-corrected chi connectivity index (χ4v) is 4.45. The van der Waals surface area contributed by atoms with Crippen LogP contribution in [0.25, 0.3) is 0 Å². The molecule has 1 aliphatic carbocycles. The van der Waals surface area contributed by atoms with Crippen LogP contribution in [0.5, 0.6) is 0 Å². The number of likely N-dealkylation sites (N-methyl/N-ethyl adjacent to an activating group) is 1. The second-order valence-electron chi connectivity index (χ2n) is 5.25. The topological polar surface area (TPSA) is 83.6 Å². The molecule has 1 aliphatic rings. The third-order valence-electron chi connectivity index (χ3n) is 3.85. The molecule has 1 saturated carbocycles. The highest BCUT2D eigenvalue weighted by Gasteiger charge is 2.36. The number of aliphatic hydroxyl groups is 1. The summed E-state index contributed by atoms with van der Waals surface area (Å²) >= 11 is 5.77. The maximum Gasteiger partial charge on any atom is 0.246 e. The number of hydrogen-bond acceptors (Lipinski definition) is 4. The summed E-state index contributed by atoms with van der Waals surface area (Å²) < 4.78 is 40.2. The van der Waals surface area contributed by atoms with Gasteiger partial charge in [-0.2, -0.15) is 4.31 Å². The van der Waals surface area contributed by atoms with E-state index >= 15 is 0 Å². The minimum atomic E-state index is -4.11. The lowest BCUT2D eigenvalue weighted by Crippen LogP contribution is -2.46. The second kappa shape index (κ2) is 6.08. The van der Waals surface area contributed by atoms with E-state index < -0.39 is 32.9 Å². The molecule has 0 spiro atoms. The Morgan fingerprint density at radius 3 is 2.62 bits per heavy atom. The number of rotatable bonds is 3. The van der Waals surface area contributed by atoms with E-state index in [1.54, 1.807) is 0 Å². The lowest BCUT2D eigenvalue weighted by molar-refractivity contribution is 0.0637. The highest BCUT2D eigenvalue weighted by molar-refractivity contribution is 7.89. The number of aliphatic hydroxyl groups excluding tert-OH is 1. The van der Waals surface area contributed by atoms with Gasteiger partial charge >= 0.3 is 0 Å². The molecule has 8 heteroatoms. The van der Waals surface area contributed by atoms with Crippen LogP contribution in [-0.4, -0.2) is 37.0 Å². The number of sulfonamides is 1. The van der Waals surface area contributed by atoms with Gasteiger partial charge in [0.25, 0.3) is 0 Å². The van der Waals surface area contributed by atoms with E-state index in [1.165, 1.54) is 7.05 Å². The summed E-state index contributed by atoms with van der Waals surface area (Å²) in [5.41, 5.74) is 5.11. The number of nitrogens with zero attached hydrogens (tertiary/aromatic N) is 1. The van der Waals surface area contributed by atoms with Gasteiger partial charge in [0.2, 0.25) is 10.0 Å². The molecule has 2 rings (SSSR count). The van der Waals surface area contributed by atoms with E-state index in [1.807, 2.05) is 0 Å². The molecule has 2 unspecified atom stereocenters. The van der Waals surface area contributed by atoms with E-state index in [0.717, 1.165) is 29.3 Å². The standard InChI is InChI=1S/C13H18ClFN2O3S/c1-17(10-4-2-3-5-11(10)18)21(19,20)12-7-8(14)6-9(16)13(12)15/h6-7,10-11,18H,2-5,16H2,1H3. The van der Waals surface area contributed by atoms with Crippen molar-refractivity contribution >= 4 is 27.3 Å². The molecule has 3 N–H and O–H groups in total. The predicted octanol–water partition coefficient (Wildman–Crippen LogP) is 1.99. The number of hydrogen-bond donors (Lipinski definition) is 2. The van der Waals surface area contributed by atoms with Crippen molar-refractivity contribution in [2.75, 3.05) is 12.8 Å². The number of halogens is 2. The second-order valence-corrected chi connectivity index (χ2v) is 7.65. The predicted molar refractivity (Wildman–Crippen MR) is 79.0 cm³/mol. The monoisotopic (exact) mass is 336 g/mol. The fourth-order valence-electron chi connectivity index (χ4n) is 2.62. The molecule has 1 aromatic carbocycles. The quantitative estimate of drug-likeness (QED) is 0.827. The van der Waals surface area contributed by atoms with Crippen LogP contribution < -0.4 is 5.73 Å². The summed E-state index contributed by atoms with van der Waals surface area (Å²) in [5.74, 6) is -1.02. The van der Waals surface area contributed by atoms with Crippen molar-refractivity contribution in [1.29, 1.82) is 0 Å². The molecule has 2 atom stereocenters. The molecule has 5 nitrogen and oxygen atoms in total. The van der Waals surface area contributed by atoms with Crippen molar-refractivity contribution in [3.8, 4) is 0 Å². The Hall–Kier alpha value is -0.890. The summed E-state index contributed by atoms with van der Waals surface area (Å²) in [6, 6.07) is 1.63. The summed E-state index contributed by atoms with van der Waals surface area (Å²) in [5, 5.41) is 10.0. The van der Waals surface area contributed by atoms with E-state index in [-0.39, 0.29) is 10.7 Å². The zero-order valence-electron chi connectivity index (χ0n) is 11.6. The van der Waals surface area contributed by atoms with E-state index in [9.17, 15) is 17.9 Å². The molecule has 0 saturated heterocycles. The third-order valence-corrected chi connectivity index (χ3v) is 5.95. The Kier molecular flexibility index (Phi) is 4.77. The van der Waals surface area contributed by atoms with Gasteiger partial charge in [0, 0.05) is 12.1 Å². The Balaban J connectivity index is 2.42. The zero-order valence-corrected chi connectivity index (χ0v) is 13.2. The largest absolute Gasteiger partial charge is 0.396 e. The van der Waals surface area contributed by atoms with Gasteiger partial charge in [-0.3, -0.25) is 0 Å². The van der Waals surface area contributed by atoms with Crippen molar-refractivity contribution < 1.29 is 17.9 Å². The number of nitrogen functional groups attached to an aromatic ring is 1. The maximum atomic E-state index is 14.0. The third kappa shape index (κ3) is 3.15. The number of benzene rings is 1. The van der Waals surface area contributed by atoms with Crippen LogP contribution >= 0.6 is 11.6 Å². The molecular formula is C13H18ClFN2O3S. The van der Waals surface area contributed by atoms with Crippen LogP contribution in [0.1, 0.15) is 25.7 Å². The van der Waals surface area contributed by atoms with Crippen LogP contribution in [0.4, 0.5) is 10.1 Å². The SMILES string of the molecule is CN(C1CCCCC1O)S(=O)(=O)c1cc(Cl)cc(N)c1F. The van der Waals surface area contributed by atoms with Crippen molar-refractivity contribution in [3.63, 3.8) is 0 Å². The van der Waals surface area contributed by atoms with Gasteiger partial charge < -0.3 is 10.8 Å². The first-order chi connectivity index (χ1) is 9.75. The summed E-state index contributed by atoms with van der Waals surface area (Å²) in [6.07, 6.45) is 1.99. The minimum absolute atomic E-state index is 0.0464. The highest BCUT2D eigenvalue weighted by atomic mass is 35.5. The number of nitrogens with two attached hydrogens (primary N) is 1. The average molecular weight is 337 g/mol. The maximum absolute atomic E-state index is 14.0. The van der Waals surface area contributed by atoms with Crippen LogP contribution in [0, 0.1) is 5.82 Å². The molecule has 118 valence electrons. The first-order valence-corrected chi connectivity index (χ1v) is 8.47. The molecule has 0 bridgehead atoms. The normalized spacial score (nSPS) is 23.5. The van der Waals surface area contributed by atoms with Gasteiger partial charge in [0.15, 0.2) is 5.82 Å². The van der Waals surface area contributed by atoms with Gasteiger partial charge in [-0.1, -0.05) is 24.4 Å². The van der Waals surface area contributed by atoms with Crippen LogP contribution in [0.2, 0.25) is 5.02 Å². The van der Waals surface area contributed by atoms with Gasteiger partial charge in [0.1, 0.15) is 4.90 Å². The summed E-state index contributed by atoms with van der Waals surface area (Å²) in [6.45, 7) is 0. The molecule has 0 heterocycles. The first kappa shape index (κ1) is 16.5. The van der Waals surface area contributed by atoms with Crippen molar-refractivity contribution in [3.05, 3.63) is 23.0 Å². The van der Waals surface area contributed by atoms with E-state index in [4.69, 9.17) is 17.3 Å². The molecule has 0 aromatic heterocycles. The van der Waals surface area contributed by atoms with Crippen LogP contribution in [-0.2, 0) is 10.0 Å². The average Bonchev–Trinajstić information content (AvgIpc) is 2.42. The summed E-state index contributed by atoms with van der Waals surface area (Å²) in [4.78, 5) is -0.562. The van der Waals surface area contributed by atoms with Crippen molar-refractivity contribution in [1.82, 2.24) is 4.31 Å². The molecule has 1 aromatic rings. The van der Waals surface area contributed by atoms with Gasteiger partial charge in [-0.25, -0.2) is 12.8 Å². The van der Waals surface area contributed by atoms with Crippen molar-refractivity contribution in [2.24, 2.45) is 0 Å². The molecule has 21 heavy (non-hydrogen) atoms. The molecular weight excluding hydrogens is 319 g/mol. The summed E-state index contributed by atoms with van der Waals surface area (Å²) in [7, 11) is -2.77. The van der Waals surface area contributed by atoms with Crippen LogP contribution in [0.15, 0.2) is 17.0 Å². The molecule has 0 radical (unpaired) electrons. The lowest BCUT2D eigenvalue weighted by Gasteiger charge is -2.34. The highest BCUT2D eigenvalue weighted by Crippen LogP contribution is 2.31. The number of anilines is 1. The lowest BCUT2D eigenvalue weighted by atomic mass is 9.93. The Labute approximate surface area is 128 Å². The van der Waals surface area contributed by atoms with Crippen molar-refractivity contribution in [2.45, 2.75) is 42.7 Å². The molecule has 1 fully saturated rings. The molecule has 0 amide bonds. The van der Waals surface area contributed by atoms with Gasteiger partial charge in [-0.15, -0.1) is 0 Å². The van der Waals surface area contributed by atoms with Crippen LogP contribution in [0.3, 0.4) is 0 Å². The van der Waals surface area contributed by atoms with E-state index in [0.29, 0.717) is 12.8 Å². The first-order valence-electron chi connectivity index (χ1n) is 6.65. The Bertz CT molecular complexity index is 639. The Morgan fingerprint density at radius 1 is 1.38 bits per heavy atom. The van der Waals surface area contributed by atoms with Gasteiger partial charge in [-0.05, 0) is 25.0 Å².